The largest absolute Gasteiger partial charge is 0.355 e. The zero-order chi connectivity index (χ0) is 24.5. The minimum absolute atomic E-state index is 0.725. The van der Waals surface area contributed by atoms with E-state index in [4.69, 9.17) is 9.97 Å². The van der Waals surface area contributed by atoms with Crippen molar-refractivity contribution in [2.45, 2.75) is 6.92 Å². The molecule has 2 saturated heterocycles. The highest BCUT2D eigenvalue weighted by atomic mass is 32.2. The number of aromatic nitrogens is 5. The lowest BCUT2D eigenvalue weighted by atomic mass is 10.2. The van der Waals surface area contributed by atoms with Crippen molar-refractivity contribution in [3.8, 4) is 10.6 Å². The molecule has 2 fully saturated rings. The van der Waals surface area contributed by atoms with Gasteiger partial charge in [-0.2, -0.15) is 16.7 Å². The lowest BCUT2D eigenvalue weighted by Gasteiger charge is -2.32. The maximum Gasteiger partial charge on any atom is 0.227 e. The van der Waals surface area contributed by atoms with E-state index in [9.17, 15) is 0 Å². The number of pyridine rings is 2. The first-order valence-electron chi connectivity index (χ1n) is 12.2. The topological polar surface area (TPSA) is 86.2 Å². The van der Waals surface area contributed by atoms with E-state index in [1.165, 1.54) is 0 Å². The van der Waals surface area contributed by atoms with Crippen molar-refractivity contribution in [3.63, 3.8) is 0 Å². The highest BCUT2D eigenvalue weighted by molar-refractivity contribution is 7.99. The van der Waals surface area contributed by atoms with Gasteiger partial charge in [-0.1, -0.05) is 0 Å². The molecule has 0 amide bonds. The lowest BCUT2D eigenvalue weighted by Crippen LogP contribution is -2.45. The van der Waals surface area contributed by atoms with Crippen molar-refractivity contribution < 1.29 is 0 Å². The molecule has 0 aliphatic carbocycles. The number of aryl methyl sites for hydroxylation is 1. The maximum atomic E-state index is 4.93. The van der Waals surface area contributed by atoms with Gasteiger partial charge in [0.15, 0.2) is 0 Å². The van der Waals surface area contributed by atoms with Crippen LogP contribution in [0.3, 0.4) is 0 Å². The summed E-state index contributed by atoms with van der Waals surface area (Å²) in [7, 11) is 2.15. The van der Waals surface area contributed by atoms with E-state index in [1.807, 2.05) is 49.3 Å². The van der Waals surface area contributed by atoms with Gasteiger partial charge in [0.05, 0.1) is 10.2 Å². The van der Waals surface area contributed by atoms with Crippen molar-refractivity contribution in [1.29, 1.82) is 0 Å². The Morgan fingerprint density at radius 3 is 2.53 bits per heavy atom. The Balaban J connectivity index is 1.23. The molecule has 6 heterocycles. The Kier molecular flexibility index (Phi) is 6.60. The predicted octanol–water partition coefficient (Wildman–Crippen LogP) is 3.90. The fourth-order valence-electron chi connectivity index (χ4n) is 4.44. The molecule has 186 valence electrons. The third-order valence-electron chi connectivity index (χ3n) is 6.49. The quantitative estimate of drug-likeness (QED) is 0.419. The Morgan fingerprint density at radius 1 is 0.861 bits per heavy atom. The summed E-state index contributed by atoms with van der Waals surface area (Å²) in [6.45, 7) is 7.97. The summed E-state index contributed by atoms with van der Waals surface area (Å²) in [6, 6.07) is 8.14. The molecule has 9 nitrogen and oxygen atoms in total. The van der Waals surface area contributed by atoms with E-state index >= 15 is 0 Å². The summed E-state index contributed by atoms with van der Waals surface area (Å²) >= 11 is 3.66. The molecule has 6 rings (SSSR count). The molecular weight excluding hydrogens is 490 g/mol. The van der Waals surface area contributed by atoms with Gasteiger partial charge in [0.25, 0.3) is 0 Å². The Labute approximate surface area is 219 Å². The molecule has 4 aromatic heterocycles. The molecule has 0 saturated carbocycles. The van der Waals surface area contributed by atoms with Gasteiger partial charge in [-0.3, -0.25) is 0 Å². The summed E-state index contributed by atoms with van der Waals surface area (Å²) in [4.78, 5) is 30.5. The van der Waals surface area contributed by atoms with Crippen LogP contribution in [0.4, 0.5) is 23.4 Å². The molecule has 0 unspecified atom stereocenters. The number of rotatable bonds is 5. The minimum Gasteiger partial charge on any atom is -0.355 e. The van der Waals surface area contributed by atoms with Crippen molar-refractivity contribution in [1.82, 2.24) is 29.8 Å². The van der Waals surface area contributed by atoms with Crippen LogP contribution in [0.25, 0.3) is 20.8 Å². The summed E-state index contributed by atoms with van der Waals surface area (Å²) in [6.07, 6.45) is 3.78. The lowest BCUT2D eigenvalue weighted by molar-refractivity contribution is 0.311. The molecule has 0 aromatic carbocycles. The number of nitrogens with one attached hydrogen (secondary N) is 1. The van der Waals surface area contributed by atoms with Crippen molar-refractivity contribution in [3.05, 3.63) is 42.4 Å². The molecule has 0 spiro atoms. The van der Waals surface area contributed by atoms with Gasteiger partial charge >= 0.3 is 0 Å². The van der Waals surface area contributed by atoms with E-state index in [1.54, 1.807) is 11.3 Å². The third kappa shape index (κ3) is 5.09. The second kappa shape index (κ2) is 10.2. The van der Waals surface area contributed by atoms with Crippen LogP contribution >= 0.6 is 23.1 Å². The molecule has 2 aliphatic rings. The minimum atomic E-state index is 0.725. The molecule has 2 aliphatic heterocycles. The first-order chi connectivity index (χ1) is 17.6. The highest BCUT2D eigenvalue weighted by Gasteiger charge is 2.18. The van der Waals surface area contributed by atoms with Gasteiger partial charge in [-0.25, -0.2) is 19.9 Å². The van der Waals surface area contributed by atoms with Crippen LogP contribution < -0.4 is 15.1 Å². The van der Waals surface area contributed by atoms with E-state index < -0.39 is 0 Å². The van der Waals surface area contributed by atoms with Crippen LogP contribution in [0.5, 0.6) is 0 Å². The Bertz CT molecular complexity index is 1360. The average Bonchev–Trinajstić information content (AvgIpc) is 3.33. The standard InChI is InChI=1S/C25H29N9S2/c1-17-13-22(31-25(28-17)34-7-5-32(2)6-8-34)30-21-15-19-20(16-27-21)36-24(29-19)18-3-4-26-23(14-18)33-9-11-35-12-10-33/h3-4,13-16H,5-12H2,1-2H3,(H,27,28,30,31). The second-order valence-electron chi connectivity index (χ2n) is 9.17. The average molecular weight is 520 g/mol. The number of anilines is 4. The Hall–Kier alpha value is -3.02. The molecule has 4 aromatic rings. The van der Waals surface area contributed by atoms with Crippen molar-refractivity contribution in [2.24, 2.45) is 0 Å². The number of hydrogen-bond donors (Lipinski definition) is 1. The van der Waals surface area contributed by atoms with E-state index in [2.05, 4.69) is 48.1 Å². The summed E-state index contributed by atoms with van der Waals surface area (Å²) in [5.41, 5.74) is 2.95. The van der Waals surface area contributed by atoms with Crippen LogP contribution in [0.2, 0.25) is 0 Å². The van der Waals surface area contributed by atoms with Crippen LogP contribution in [0.15, 0.2) is 36.7 Å². The van der Waals surface area contributed by atoms with Crippen LogP contribution in [0.1, 0.15) is 5.69 Å². The molecule has 11 heteroatoms. The van der Waals surface area contributed by atoms with Gasteiger partial charge in [0.1, 0.15) is 22.5 Å². The van der Waals surface area contributed by atoms with E-state index in [0.29, 0.717) is 0 Å². The summed E-state index contributed by atoms with van der Waals surface area (Å²) in [5.74, 6) is 5.57. The van der Waals surface area contributed by atoms with Gasteiger partial charge in [-0.15, -0.1) is 11.3 Å². The molecule has 0 atom stereocenters. The summed E-state index contributed by atoms with van der Waals surface area (Å²) < 4.78 is 1.06. The molecule has 0 radical (unpaired) electrons. The molecule has 0 bridgehead atoms. The monoisotopic (exact) mass is 519 g/mol. The van der Waals surface area contributed by atoms with Gasteiger partial charge in [0.2, 0.25) is 5.95 Å². The number of fused-ring (bicyclic) bond motifs is 1. The van der Waals surface area contributed by atoms with Crippen LogP contribution in [-0.2, 0) is 0 Å². The van der Waals surface area contributed by atoms with Gasteiger partial charge in [-0.05, 0) is 26.1 Å². The molecule has 1 N–H and O–H groups in total. The highest BCUT2D eigenvalue weighted by Crippen LogP contribution is 2.32. The molecule has 36 heavy (non-hydrogen) atoms. The zero-order valence-corrected chi connectivity index (χ0v) is 22.1. The third-order valence-corrected chi connectivity index (χ3v) is 8.48. The van der Waals surface area contributed by atoms with E-state index in [0.717, 1.165) is 101 Å². The number of likely N-dealkylation sites (N-methyl/N-ethyl adjacent to an activating group) is 1. The zero-order valence-electron chi connectivity index (χ0n) is 20.5. The van der Waals surface area contributed by atoms with Gasteiger partial charge in [0, 0.05) is 86.6 Å². The number of thioether (sulfide) groups is 1. The first kappa shape index (κ1) is 23.4. The smallest absolute Gasteiger partial charge is 0.227 e. The number of piperazine rings is 1. The summed E-state index contributed by atoms with van der Waals surface area (Å²) in [5, 5.41) is 4.35. The predicted molar refractivity (Wildman–Crippen MR) is 150 cm³/mol. The normalized spacial score (nSPS) is 17.1. The number of thiazole rings is 1. The Morgan fingerprint density at radius 2 is 1.69 bits per heavy atom. The second-order valence-corrected chi connectivity index (χ2v) is 11.4. The fraction of sp³-hybridized carbons (Fsp3) is 0.400. The number of hydrogen-bond acceptors (Lipinski definition) is 11. The fourth-order valence-corrected chi connectivity index (χ4v) is 6.25. The number of nitrogens with zero attached hydrogens (tertiary/aromatic N) is 8. The van der Waals surface area contributed by atoms with Gasteiger partial charge < -0.3 is 20.0 Å². The van der Waals surface area contributed by atoms with Crippen LogP contribution in [-0.4, -0.2) is 87.6 Å². The first-order valence-corrected chi connectivity index (χ1v) is 14.2. The van der Waals surface area contributed by atoms with Crippen molar-refractivity contribution in [2.75, 3.05) is 72.9 Å². The maximum absolute atomic E-state index is 4.93. The van der Waals surface area contributed by atoms with E-state index in [-0.39, 0.29) is 0 Å². The SMILES string of the molecule is Cc1cc(Nc2cc3nc(-c4ccnc(N5CCSCC5)c4)sc3cn2)nc(N2CCN(C)CC2)n1. The van der Waals surface area contributed by atoms with Crippen molar-refractivity contribution >= 4 is 56.7 Å². The van der Waals surface area contributed by atoms with Crippen LogP contribution in [0, 0.1) is 6.92 Å². The molecular formula is C25H29N9S2.